The summed E-state index contributed by atoms with van der Waals surface area (Å²) in [6.07, 6.45) is 0. The SMILES string of the molecule is CC1(C)c2cc(N(c3ccc(-c4cccc(-c5ccccc5)c4)cc3)c3ccccc3-c3cccc(-c4ccccc4)c3)ccc2-c2ccc(-n3c4ccccc4c4ccccc43)cc21. The fraction of sp³-hybridized carbons (Fsp3) is 0.0476. The van der Waals surface area contributed by atoms with E-state index in [2.05, 4.69) is 266 Å². The fourth-order valence-electron chi connectivity index (χ4n) is 10.3. The highest BCUT2D eigenvalue weighted by molar-refractivity contribution is 6.09. The van der Waals surface area contributed by atoms with Crippen LogP contribution in [0.1, 0.15) is 25.0 Å². The normalized spacial score (nSPS) is 12.6. The van der Waals surface area contributed by atoms with Crippen LogP contribution >= 0.6 is 0 Å². The minimum Gasteiger partial charge on any atom is -0.310 e. The molecule has 10 aromatic carbocycles. The minimum absolute atomic E-state index is 0.252. The third-order valence-corrected chi connectivity index (χ3v) is 13.6. The fourth-order valence-corrected chi connectivity index (χ4v) is 10.3. The minimum atomic E-state index is -0.252. The van der Waals surface area contributed by atoms with Gasteiger partial charge in [0.1, 0.15) is 0 Å². The molecule has 11 aromatic rings. The molecule has 1 aliphatic rings. The summed E-state index contributed by atoms with van der Waals surface area (Å²) in [5, 5.41) is 2.55. The van der Waals surface area contributed by atoms with Crippen molar-refractivity contribution in [2.24, 2.45) is 0 Å². The number of fused-ring (bicyclic) bond motifs is 6. The first-order valence-electron chi connectivity index (χ1n) is 22.6. The van der Waals surface area contributed by atoms with Gasteiger partial charge in [0.25, 0.3) is 0 Å². The molecule has 2 heteroatoms. The third kappa shape index (κ3) is 6.57. The Labute approximate surface area is 381 Å². The van der Waals surface area contributed by atoms with Gasteiger partial charge in [-0.15, -0.1) is 0 Å². The van der Waals surface area contributed by atoms with Gasteiger partial charge >= 0.3 is 0 Å². The first-order chi connectivity index (χ1) is 32.0. The maximum absolute atomic E-state index is 2.46. The van der Waals surface area contributed by atoms with Crippen LogP contribution in [0.5, 0.6) is 0 Å². The molecule has 0 saturated heterocycles. The van der Waals surface area contributed by atoms with Crippen LogP contribution in [0.2, 0.25) is 0 Å². The van der Waals surface area contributed by atoms with Crippen LogP contribution in [0.3, 0.4) is 0 Å². The number of benzene rings is 10. The van der Waals surface area contributed by atoms with E-state index in [1.165, 1.54) is 94.3 Å². The molecular formula is C63H46N2. The van der Waals surface area contributed by atoms with Gasteiger partial charge in [0.05, 0.1) is 16.7 Å². The summed E-state index contributed by atoms with van der Waals surface area (Å²) in [6, 6.07) is 88.8. The number of anilines is 3. The van der Waals surface area contributed by atoms with E-state index in [4.69, 9.17) is 0 Å². The Balaban J connectivity index is 0.985. The van der Waals surface area contributed by atoms with Gasteiger partial charge in [0.2, 0.25) is 0 Å². The smallest absolute Gasteiger partial charge is 0.0541 e. The van der Waals surface area contributed by atoms with Crippen molar-refractivity contribution in [2.45, 2.75) is 19.3 Å². The van der Waals surface area contributed by atoms with Crippen molar-refractivity contribution < 1.29 is 0 Å². The molecule has 0 N–H and O–H groups in total. The monoisotopic (exact) mass is 830 g/mol. The van der Waals surface area contributed by atoms with Crippen molar-refractivity contribution in [3.05, 3.63) is 254 Å². The molecule has 65 heavy (non-hydrogen) atoms. The highest BCUT2D eigenvalue weighted by atomic mass is 15.1. The molecule has 0 saturated carbocycles. The Morgan fingerprint density at radius 3 is 1.42 bits per heavy atom. The quantitative estimate of drug-likeness (QED) is 0.148. The van der Waals surface area contributed by atoms with Crippen molar-refractivity contribution in [1.82, 2.24) is 4.57 Å². The van der Waals surface area contributed by atoms with Crippen molar-refractivity contribution in [3.8, 4) is 61.3 Å². The Hall–Kier alpha value is -8.20. The maximum Gasteiger partial charge on any atom is 0.0541 e. The predicted molar refractivity (Wildman–Crippen MR) is 275 cm³/mol. The molecule has 0 aliphatic heterocycles. The molecule has 0 atom stereocenters. The highest BCUT2D eigenvalue weighted by Crippen LogP contribution is 2.52. The summed E-state index contributed by atoms with van der Waals surface area (Å²) in [5.74, 6) is 0. The summed E-state index contributed by atoms with van der Waals surface area (Å²) in [5.41, 5.74) is 21.5. The van der Waals surface area contributed by atoms with Gasteiger partial charge in [0, 0.05) is 38.8 Å². The van der Waals surface area contributed by atoms with Crippen molar-refractivity contribution in [1.29, 1.82) is 0 Å². The lowest BCUT2D eigenvalue weighted by Crippen LogP contribution is -2.17. The molecule has 2 nitrogen and oxygen atoms in total. The molecule has 0 spiro atoms. The highest BCUT2D eigenvalue weighted by Gasteiger charge is 2.37. The lowest BCUT2D eigenvalue weighted by molar-refractivity contribution is 0.660. The summed E-state index contributed by atoms with van der Waals surface area (Å²) >= 11 is 0. The van der Waals surface area contributed by atoms with Gasteiger partial charge in [-0.05, 0) is 128 Å². The average Bonchev–Trinajstić information content (AvgIpc) is 3.82. The van der Waals surface area contributed by atoms with Crippen molar-refractivity contribution in [2.75, 3.05) is 4.90 Å². The number of nitrogens with zero attached hydrogens (tertiary/aromatic N) is 2. The van der Waals surface area contributed by atoms with E-state index in [0.717, 1.165) is 17.1 Å². The van der Waals surface area contributed by atoms with E-state index in [9.17, 15) is 0 Å². The standard InChI is InChI=1S/C63H46N2/c1-63(2)58-41-51(35-37-54(58)55-38-36-52(42-59(55)63)65-61-29-13-10-26-56(61)57-27-11-14-30-62(57)65)64(50-33-31-45(32-34-50)47-22-15-21-46(39-47)43-17-5-3-6-18-43)60-28-12-9-25-53(60)49-24-16-23-48(40-49)44-19-7-4-8-20-44/h3-42H,1-2H3. The van der Waals surface area contributed by atoms with Gasteiger partial charge < -0.3 is 9.47 Å². The Bertz CT molecular complexity index is 3510. The predicted octanol–water partition coefficient (Wildman–Crippen LogP) is 17.2. The van der Waals surface area contributed by atoms with Crippen LogP contribution in [-0.4, -0.2) is 4.57 Å². The first-order valence-corrected chi connectivity index (χ1v) is 22.6. The molecule has 12 rings (SSSR count). The first kappa shape index (κ1) is 38.5. The molecule has 0 fully saturated rings. The number of hydrogen-bond donors (Lipinski definition) is 0. The van der Waals surface area contributed by atoms with Crippen LogP contribution in [0.4, 0.5) is 17.1 Å². The Morgan fingerprint density at radius 2 is 0.785 bits per heavy atom. The topological polar surface area (TPSA) is 8.17 Å². The van der Waals surface area contributed by atoms with Crippen LogP contribution in [0, 0.1) is 0 Å². The number of hydrogen-bond acceptors (Lipinski definition) is 1. The number of rotatable bonds is 8. The summed E-state index contributed by atoms with van der Waals surface area (Å²) in [7, 11) is 0. The molecule has 0 radical (unpaired) electrons. The largest absolute Gasteiger partial charge is 0.310 e. The second kappa shape index (κ2) is 15.6. The third-order valence-electron chi connectivity index (χ3n) is 13.6. The number of para-hydroxylation sites is 3. The molecule has 1 aliphatic carbocycles. The van der Waals surface area contributed by atoms with Crippen LogP contribution in [-0.2, 0) is 5.41 Å². The molecule has 0 amide bonds. The average molecular weight is 831 g/mol. The van der Waals surface area contributed by atoms with Crippen molar-refractivity contribution >= 4 is 38.9 Å². The van der Waals surface area contributed by atoms with Crippen LogP contribution in [0.25, 0.3) is 83.1 Å². The summed E-state index contributed by atoms with van der Waals surface area (Å²) in [4.78, 5) is 2.46. The molecule has 1 aromatic heterocycles. The van der Waals surface area contributed by atoms with Crippen LogP contribution in [0.15, 0.2) is 243 Å². The molecule has 0 bridgehead atoms. The summed E-state index contributed by atoms with van der Waals surface area (Å²) in [6.45, 7) is 4.78. The van der Waals surface area contributed by atoms with Gasteiger partial charge in [-0.3, -0.25) is 0 Å². The van der Waals surface area contributed by atoms with E-state index in [0.29, 0.717) is 0 Å². The molecular weight excluding hydrogens is 785 g/mol. The van der Waals surface area contributed by atoms with E-state index in [-0.39, 0.29) is 5.41 Å². The lowest BCUT2D eigenvalue weighted by atomic mass is 9.82. The van der Waals surface area contributed by atoms with E-state index in [1.807, 2.05) is 0 Å². The Morgan fingerprint density at radius 1 is 0.323 bits per heavy atom. The zero-order chi connectivity index (χ0) is 43.5. The van der Waals surface area contributed by atoms with Gasteiger partial charge in [-0.25, -0.2) is 0 Å². The zero-order valence-electron chi connectivity index (χ0n) is 36.5. The lowest BCUT2D eigenvalue weighted by Gasteiger charge is -2.30. The second-order valence-electron chi connectivity index (χ2n) is 17.7. The van der Waals surface area contributed by atoms with Gasteiger partial charge in [0.15, 0.2) is 0 Å². The Kier molecular flexibility index (Phi) is 9.21. The van der Waals surface area contributed by atoms with E-state index >= 15 is 0 Å². The van der Waals surface area contributed by atoms with E-state index < -0.39 is 0 Å². The molecule has 0 unspecified atom stereocenters. The van der Waals surface area contributed by atoms with E-state index in [1.54, 1.807) is 0 Å². The summed E-state index contributed by atoms with van der Waals surface area (Å²) < 4.78 is 2.43. The van der Waals surface area contributed by atoms with Gasteiger partial charge in [-0.2, -0.15) is 0 Å². The molecule has 1 heterocycles. The maximum atomic E-state index is 2.46. The van der Waals surface area contributed by atoms with Gasteiger partial charge in [-0.1, -0.05) is 190 Å². The van der Waals surface area contributed by atoms with Crippen LogP contribution < -0.4 is 4.90 Å². The molecule has 308 valence electrons. The zero-order valence-corrected chi connectivity index (χ0v) is 36.5. The van der Waals surface area contributed by atoms with Crippen molar-refractivity contribution in [3.63, 3.8) is 0 Å². The second-order valence-corrected chi connectivity index (χ2v) is 17.7. The number of aromatic nitrogens is 1.